The Morgan fingerprint density at radius 3 is 3.00 bits per heavy atom. The fraction of sp³-hybridized carbons (Fsp3) is 0.364. The summed E-state index contributed by atoms with van der Waals surface area (Å²) in [5.74, 6) is -0.866. The van der Waals surface area contributed by atoms with Gasteiger partial charge in [0.2, 0.25) is 0 Å². The lowest BCUT2D eigenvalue weighted by atomic mass is 10.1. The van der Waals surface area contributed by atoms with Crippen LogP contribution in [0.3, 0.4) is 0 Å². The number of carbonyl (C=O) groups excluding carboxylic acids is 1. The highest BCUT2D eigenvalue weighted by molar-refractivity contribution is 5.76. The molecule has 0 spiro atoms. The zero-order valence-electron chi connectivity index (χ0n) is 9.70. The van der Waals surface area contributed by atoms with Crippen molar-refractivity contribution >= 4 is 17.0 Å². The largest absolute Gasteiger partial charge is 0.464 e. The number of rotatable bonds is 4. The Bertz CT molecular complexity index is 554. The molecular formula is C11H13N3O4. The van der Waals surface area contributed by atoms with Gasteiger partial charge in [-0.25, -0.2) is 4.79 Å². The molecule has 0 bridgehead atoms. The van der Waals surface area contributed by atoms with Crippen LogP contribution in [0.4, 0.5) is 0 Å². The van der Waals surface area contributed by atoms with Gasteiger partial charge in [0, 0.05) is 11.8 Å². The summed E-state index contributed by atoms with van der Waals surface area (Å²) in [7, 11) is 0. The number of nitrogens with zero attached hydrogens (tertiary/aromatic N) is 2. The Kier molecular flexibility index (Phi) is 3.54. The number of hydrogen-bond donors (Lipinski definition) is 3. The number of ether oxygens (including phenoxy) is 1. The fourth-order valence-electron chi connectivity index (χ4n) is 1.55. The maximum Gasteiger partial charge on any atom is 0.338 e. The molecule has 96 valence electrons. The van der Waals surface area contributed by atoms with Crippen LogP contribution in [0.25, 0.3) is 11.0 Å². The first-order valence-corrected chi connectivity index (χ1v) is 5.45. The molecule has 2 rings (SSSR count). The maximum absolute atomic E-state index is 11.3. The molecule has 0 aliphatic rings. The van der Waals surface area contributed by atoms with Gasteiger partial charge in [-0.2, -0.15) is 5.10 Å². The van der Waals surface area contributed by atoms with Crippen LogP contribution >= 0.6 is 0 Å². The molecule has 0 radical (unpaired) electrons. The quantitative estimate of drug-likeness (QED) is 0.656. The summed E-state index contributed by atoms with van der Waals surface area (Å²) in [6.45, 7) is 1.76. The molecular weight excluding hydrogens is 238 g/mol. The van der Waals surface area contributed by atoms with E-state index in [9.17, 15) is 15.0 Å². The van der Waals surface area contributed by atoms with E-state index in [4.69, 9.17) is 0 Å². The fourth-order valence-corrected chi connectivity index (χ4v) is 1.55. The average molecular weight is 251 g/mol. The number of aromatic nitrogens is 3. The van der Waals surface area contributed by atoms with Crippen LogP contribution in [0.15, 0.2) is 18.5 Å². The molecule has 7 nitrogen and oxygen atoms in total. The number of aliphatic hydroxyl groups excluding tert-OH is 2. The Balaban J connectivity index is 2.21. The van der Waals surface area contributed by atoms with Gasteiger partial charge in [0.05, 0.1) is 18.3 Å². The number of hydrogen-bond acceptors (Lipinski definition) is 6. The van der Waals surface area contributed by atoms with Crippen LogP contribution in [0.1, 0.15) is 18.6 Å². The maximum atomic E-state index is 11.3. The van der Waals surface area contributed by atoms with Crippen molar-refractivity contribution in [2.75, 3.05) is 6.61 Å². The first-order valence-electron chi connectivity index (χ1n) is 5.45. The highest BCUT2D eigenvalue weighted by atomic mass is 16.5. The third kappa shape index (κ3) is 2.31. The Morgan fingerprint density at radius 1 is 1.50 bits per heavy atom. The van der Waals surface area contributed by atoms with E-state index in [0.29, 0.717) is 16.6 Å². The Hall–Kier alpha value is -1.99. The molecule has 2 unspecified atom stereocenters. The number of nitrogens with one attached hydrogen (secondary N) is 1. The van der Waals surface area contributed by atoms with E-state index in [1.165, 1.54) is 12.4 Å². The van der Waals surface area contributed by atoms with Crippen LogP contribution in [-0.2, 0) is 9.53 Å². The molecule has 18 heavy (non-hydrogen) atoms. The van der Waals surface area contributed by atoms with Gasteiger partial charge < -0.3 is 14.9 Å². The minimum absolute atomic E-state index is 0.139. The lowest BCUT2D eigenvalue weighted by molar-refractivity contribution is -0.159. The monoisotopic (exact) mass is 251 g/mol. The first kappa shape index (κ1) is 12.5. The molecule has 0 fully saturated rings. The van der Waals surface area contributed by atoms with Gasteiger partial charge in [-0.15, -0.1) is 0 Å². The standard InChI is InChI=1S/C11H13N3O4/c1-2-18-11(17)10(16)9(15)6-3-7-8(12-4-6)5-13-14-7/h3-5,9-10,15-16H,2H2,1H3,(H,13,14). The van der Waals surface area contributed by atoms with Crippen LogP contribution < -0.4 is 0 Å². The van der Waals surface area contributed by atoms with Gasteiger partial charge in [-0.3, -0.25) is 10.1 Å². The van der Waals surface area contributed by atoms with Gasteiger partial charge in [0.25, 0.3) is 0 Å². The molecule has 0 aliphatic carbocycles. The van der Waals surface area contributed by atoms with Crippen LogP contribution in [0, 0.1) is 0 Å². The summed E-state index contributed by atoms with van der Waals surface area (Å²) < 4.78 is 4.63. The van der Waals surface area contributed by atoms with Gasteiger partial charge in [0.1, 0.15) is 11.6 Å². The molecule has 2 heterocycles. The zero-order valence-corrected chi connectivity index (χ0v) is 9.70. The van der Waals surface area contributed by atoms with E-state index in [2.05, 4.69) is 19.9 Å². The summed E-state index contributed by atoms with van der Waals surface area (Å²) in [5, 5.41) is 25.9. The summed E-state index contributed by atoms with van der Waals surface area (Å²) in [6, 6.07) is 1.57. The predicted molar refractivity (Wildman–Crippen MR) is 61.5 cm³/mol. The van der Waals surface area contributed by atoms with Crippen molar-refractivity contribution in [2.45, 2.75) is 19.1 Å². The van der Waals surface area contributed by atoms with E-state index in [-0.39, 0.29) is 6.61 Å². The predicted octanol–water partition coefficient (Wildman–Crippen LogP) is -0.0847. The molecule has 2 aromatic heterocycles. The van der Waals surface area contributed by atoms with Gasteiger partial charge in [-0.1, -0.05) is 0 Å². The summed E-state index contributed by atoms with van der Waals surface area (Å²) in [4.78, 5) is 15.3. The highest BCUT2D eigenvalue weighted by Crippen LogP contribution is 2.20. The van der Waals surface area contributed by atoms with Crippen LogP contribution in [-0.4, -0.2) is 44.1 Å². The summed E-state index contributed by atoms with van der Waals surface area (Å²) in [5.41, 5.74) is 1.56. The topological polar surface area (TPSA) is 108 Å². The minimum atomic E-state index is -1.63. The molecule has 0 aromatic carbocycles. The second-order valence-electron chi connectivity index (χ2n) is 3.71. The van der Waals surface area contributed by atoms with Crippen LogP contribution in [0.2, 0.25) is 0 Å². The van der Waals surface area contributed by atoms with Gasteiger partial charge in [-0.05, 0) is 13.0 Å². The molecule has 0 aliphatic heterocycles. The number of pyridine rings is 1. The molecule has 0 saturated heterocycles. The van der Waals surface area contributed by atoms with Gasteiger partial charge >= 0.3 is 5.97 Å². The van der Waals surface area contributed by atoms with E-state index in [1.54, 1.807) is 13.0 Å². The van der Waals surface area contributed by atoms with E-state index in [0.717, 1.165) is 0 Å². The third-order valence-electron chi connectivity index (χ3n) is 2.48. The highest BCUT2D eigenvalue weighted by Gasteiger charge is 2.27. The second kappa shape index (κ2) is 5.11. The number of H-pyrrole nitrogens is 1. The number of esters is 1. The van der Waals surface area contributed by atoms with Crippen molar-refractivity contribution in [2.24, 2.45) is 0 Å². The third-order valence-corrected chi connectivity index (χ3v) is 2.48. The van der Waals surface area contributed by atoms with E-state index >= 15 is 0 Å². The minimum Gasteiger partial charge on any atom is -0.464 e. The van der Waals surface area contributed by atoms with Crippen molar-refractivity contribution in [3.05, 3.63) is 24.0 Å². The first-order chi connectivity index (χ1) is 8.63. The zero-order chi connectivity index (χ0) is 13.1. The molecule has 7 heteroatoms. The molecule has 3 N–H and O–H groups in total. The number of fused-ring (bicyclic) bond motifs is 1. The Labute approximate surface area is 102 Å². The molecule has 0 saturated carbocycles. The normalized spacial score (nSPS) is 14.4. The second-order valence-corrected chi connectivity index (χ2v) is 3.71. The summed E-state index contributed by atoms with van der Waals surface area (Å²) >= 11 is 0. The molecule has 2 atom stereocenters. The summed E-state index contributed by atoms with van der Waals surface area (Å²) in [6.07, 6.45) is -0.102. The average Bonchev–Trinajstić information content (AvgIpc) is 2.84. The molecule has 2 aromatic rings. The SMILES string of the molecule is CCOC(=O)C(O)C(O)c1cnc2cn[nH]c2c1. The smallest absolute Gasteiger partial charge is 0.338 e. The number of aliphatic hydroxyl groups is 2. The van der Waals surface area contributed by atoms with Crippen molar-refractivity contribution in [3.63, 3.8) is 0 Å². The van der Waals surface area contributed by atoms with Crippen molar-refractivity contribution in [1.29, 1.82) is 0 Å². The van der Waals surface area contributed by atoms with Gasteiger partial charge in [0.15, 0.2) is 6.10 Å². The van der Waals surface area contributed by atoms with Crippen molar-refractivity contribution in [3.8, 4) is 0 Å². The molecule has 0 amide bonds. The Morgan fingerprint density at radius 2 is 2.28 bits per heavy atom. The van der Waals surface area contributed by atoms with E-state index < -0.39 is 18.2 Å². The van der Waals surface area contributed by atoms with Crippen LogP contribution in [0.5, 0.6) is 0 Å². The van der Waals surface area contributed by atoms with E-state index in [1.807, 2.05) is 0 Å². The van der Waals surface area contributed by atoms with Crippen molar-refractivity contribution in [1.82, 2.24) is 15.2 Å². The lowest BCUT2D eigenvalue weighted by Gasteiger charge is -2.16. The number of aromatic amines is 1. The lowest BCUT2D eigenvalue weighted by Crippen LogP contribution is -2.29. The van der Waals surface area contributed by atoms with Crippen molar-refractivity contribution < 1.29 is 19.7 Å². The number of carbonyl (C=O) groups is 1.